The molecule has 1 saturated heterocycles. The van der Waals surface area contributed by atoms with Crippen molar-refractivity contribution in [1.29, 1.82) is 0 Å². The van der Waals surface area contributed by atoms with E-state index in [4.69, 9.17) is 13.9 Å². The molecule has 2 rings (SSSR count). The van der Waals surface area contributed by atoms with Gasteiger partial charge in [-0.3, -0.25) is 4.90 Å². The summed E-state index contributed by atoms with van der Waals surface area (Å²) in [6.07, 6.45) is -0.284. The average molecular weight is 436 g/mol. The van der Waals surface area contributed by atoms with E-state index >= 15 is 0 Å². The normalized spacial score (nSPS) is 19.6. The lowest BCUT2D eigenvalue weighted by atomic mass is 10.2. The van der Waals surface area contributed by atoms with E-state index in [0.29, 0.717) is 29.6 Å². The van der Waals surface area contributed by atoms with E-state index in [9.17, 15) is 9.59 Å². The van der Waals surface area contributed by atoms with Crippen molar-refractivity contribution in [2.75, 3.05) is 13.7 Å². The van der Waals surface area contributed by atoms with Gasteiger partial charge in [-0.25, -0.2) is 9.59 Å². The third-order valence-electron chi connectivity index (χ3n) is 6.29. The number of esters is 1. The van der Waals surface area contributed by atoms with Crippen LogP contribution in [0.3, 0.4) is 0 Å². The third-order valence-corrected chi connectivity index (χ3v) is 12.4. The lowest BCUT2D eigenvalue weighted by Gasteiger charge is -2.44. The molecule has 1 aliphatic heterocycles. The van der Waals surface area contributed by atoms with Crippen molar-refractivity contribution in [2.45, 2.75) is 83.3 Å². The van der Waals surface area contributed by atoms with Crippen molar-refractivity contribution in [1.82, 2.24) is 4.90 Å². The monoisotopic (exact) mass is 435 g/mol. The minimum absolute atomic E-state index is 0.165. The molecule has 1 aromatic carbocycles. The van der Waals surface area contributed by atoms with Crippen LogP contribution in [0.5, 0.6) is 0 Å². The second-order valence-corrected chi connectivity index (χ2v) is 14.4. The first-order valence-corrected chi connectivity index (χ1v) is 13.0. The lowest BCUT2D eigenvalue weighted by Crippen LogP contribution is -2.54. The Kier molecular flexibility index (Phi) is 8.49. The molecule has 7 heteroatoms. The first-order chi connectivity index (χ1) is 14.1. The number of carbonyl (C=O) groups is 2. The molecule has 168 valence electrons. The predicted molar refractivity (Wildman–Crippen MR) is 120 cm³/mol. The first kappa shape index (κ1) is 24.4. The summed E-state index contributed by atoms with van der Waals surface area (Å²) in [7, 11) is -0.865. The molecule has 0 bridgehead atoms. The van der Waals surface area contributed by atoms with Gasteiger partial charge in [0.2, 0.25) is 8.32 Å². The molecule has 0 saturated carbocycles. The van der Waals surface area contributed by atoms with E-state index in [1.165, 1.54) is 12.0 Å². The van der Waals surface area contributed by atoms with Gasteiger partial charge in [0.05, 0.1) is 13.2 Å². The zero-order chi connectivity index (χ0) is 22.5. The molecule has 1 fully saturated rings. The van der Waals surface area contributed by atoms with Crippen LogP contribution in [0.2, 0.25) is 16.6 Å². The van der Waals surface area contributed by atoms with Gasteiger partial charge in [0.1, 0.15) is 6.61 Å². The average Bonchev–Trinajstić information content (AvgIpc) is 3.13. The Morgan fingerprint density at radius 1 is 1.03 bits per heavy atom. The molecule has 1 aliphatic rings. The van der Waals surface area contributed by atoms with E-state index < -0.39 is 26.4 Å². The van der Waals surface area contributed by atoms with Crippen molar-refractivity contribution in [3.8, 4) is 0 Å². The van der Waals surface area contributed by atoms with E-state index in [-0.39, 0.29) is 12.7 Å². The highest BCUT2D eigenvalue weighted by Gasteiger charge is 2.52. The summed E-state index contributed by atoms with van der Waals surface area (Å²) in [6.45, 7) is 13.8. The van der Waals surface area contributed by atoms with Crippen molar-refractivity contribution < 1.29 is 23.5 Å². The Morgan fingerprint density at radius 2 is 1.60 bits per heavy atom. The topological polar surface area (TPSA) is 65.1 Å². The summed E-state index contributed by atoms with van der Waals surface area (Å²) in [5.41, 5.74) is 2.05. The Hall–Kier alpha value is -1.86. The van der Waals surface area contributed by atoms with Crippen LogP contribution in [0.1, 0.15) is 53.5 Å². The Bertz CT molecular complexity index is 685. The van der Waals surface area contributed by atoms with Gasteiger partial charge in [-0.2, -0.15) is 0 Å². The van der Waals surface area contributed by atoms with Crippen LogP contribution in [0.4, 0.5) is 4.79 Å². The Balaban J connectivity index is 2.21. The number of hydrogen-bond donors (Lipinski definition) is 0. The molecule has 1 heterocycles. The lowest BCUT2D eigenvalue weighted by molar-refractivity contribution is -0.147. The van der Waals surface area contributed by atoms with Gasteiger partial charge < -0.3 is 13.9 Å². The molecular formula is C23H37NO5Si. The quantitative estimate of drug-likeness (QED) is 0.418. The van der Waals surface area contributed by atoms with E-state index in [0.717, 1.165) is 5.56 Å². The summed E-state index contributed by atoms with van der Waals surface area (Å²) in [5.74, 6) is -0.451. The zero-order valence-electron chi connectivity index (χ0n) is 19.4. The van der Waals surface area contributed by atoms with Crippen LogP contribution in [0, 0.1) is 0 Å². The highest BCUT2D eigenvalue weighted by molar-refractivity contribution is 6.77. The summed E-state index contributed by atoms with van der Waals surface area (Å²) in [6, 6.07) is 8.72. The molecule has 0 unspecified atom stereocenters. The van der Waals surface area contributed by atoms with E-state index in [2.05, 4.69) is 41.5 Å². The highest BCUT2D eigenvalue weighted by Crippen LogP contribution is 2.44. The number of rotatable bonds is 8. The van der Waals surface area contributed by atoms with Crippen LogP contribution in [-0.2, 0) is 25.3 Å². The number of methoxy groups -OCH3 is 1. The fourth-order valence-electron chi connectivity index (χ4n) is 4.96. The molecule has 0 spiro atoms. The molecule has 30 heavy (non-hydrogen) atoms. The van der Waals surface area contributed by atoms with Crippen molar-refractivity contribution in [2.24, 2.45) is 0 Å². The second kappa shape index (κ2) is 10.4. The standard InChI is InChI=1S/C23H37NO5Si/c1-16(2)30(17(3)4,18(5)6)29-20-13-14-24(21(20)22(25)27-7)23(26)28-15-19-11-9-8-10-12-19/h8-12,16-18,20-21H,13-15H2,1-7H3/t20-,21+/m0/s1. The molecule has 0 N–H and O–H groups in total. The van der Waals surface area contributed by atoms with Gasteiger partial charge in [-0.15, -0.1) is 0 Å². The number of carbonyl (C=O) groups excluding carboxylic acids is 2. The molecule has 2 atom stereocenters. The van der Waals surface area contributed by atoms with Gasteiger partial charge in [0.25, 0.3) is 0 Å². The van der Waals surface area contributed by atoms with Crippen LogP contribution < -0.4 is 0 Å². The number of likely N-dealkylation sites (tertiary alicyclic amines) is 1. The molecule has 0 radical (unpaired) electrons. The maximum absolute atomic E-state index is 12.8. The predicted octanol–water partition coefficient (Wildman–Crippen LogP) is 5.13. The summed E-state index contributed by atoms with van der Waals surface area (Å²) >= 11 is 0. The fraction of sp³-hybridized carbons (Fsp3) is 0.652. The second-order valence-electron chi connectivity index (χ2n) is 8.96. The fourth-order valence-corrected chi connectivity index (χ4v) is 10.6. The van der Waals surface area contributed by atoms with Gasteiger partial charge in [-0.05, 0) is 28.6 Å². The van der Waals surface area contributed by atoms with Crippen LogP contribution >= 0.6 is 0 Å². The summed E-state index contributed by atoms with van der Waals surface area (Å²) in [4.78, 5) is 27.0. The molecule has 0 aliphatic carbocycles. The Labute approximate surface area is 182 Å². The summed E-state index contributed by atoms with van der Waals surface area (Å²) < 4.78 is 17.4. The number of benzene rings is 1. The van der Waals surface area contributed by atoms with Gasteiger partial charge in [-0.1, -0.05) is 71.9 Å². The number of nitrogens with zero attached hydrogens (tertiary/aromatic N) is 1. The maximum Gasteiger partial charge on any atom is 0.410 e. The SMILES string of the molecule is COC(=O)[C@H]1[C@@H](O[Si](C(C)C)(C(C)C)C(C)C)CCN1C(=O)OCc1ccccc1. The zero-order valence-corrected chi connectivity index (χ0v) is 20.4. The smallest absolute Gasteiger partial charge is 0.410 e. The number of ether oxygens (including phenoxy) is 2. The molecule has 1 aromatic rings. The van der Waals surface area contributed by atoms with E-state index in [1.807, 2.05) is 30.3 Å². The van der Waals surface area contributed by atoms with Gasteiger partial charge in [0, 0.05) is 6.54 Å². The third kappa shape index (κ3) is 5.06. The van der Waals surface area contributed by atoms with E-state index in [1.54, 1.807) is 0 Å². The van der Waals surface area contributed by atoms with Crippen LogP contribution in [-0.4, -0.2) is 51.1 Å². The maximum atomic E-state index is 12.8. The van der Waals surface area contributed by atoms with Crippen molar-refractivity contribution in [3.05, 3.63) is 35.9 Å². The minimum Gasteiger partial charge on any atom is -0.467 e. The molecular weight excluding hydrogens is 398 g/mol. The van der Waals surface area contributed by atoms with Gasteiger partial charge >= 0.3 is 12.1 Å². The highest BCUT2D eigenvalue weighted by atomic mass is 28.4. The Morgan fingerprint density at radius 3 is 2.10 bits per heavy atom. The minimum atomic E-state index is -2.22. The summed E-state index contributed by atoms with van der Waals surface area (Å²) in [5, 5.41) is 0. The van der Waals surface area contributed by atoms with Crippen molar-refractivity contribution >= 4 is 20.4 Å². The van der Waals surface area contributed by atoms with Gasteiger partial charge in [0.15, 0.2) is 6.04 Å². The molecule has 1 amide bonds. The molecule has 0 aromatic heterocycles. The van der Waals surface area contributed by atoms with Crippen molar-refractivity contribution in [3.63, 3.8) is 0 Å². The number of hydrogen-bond acceptors (Lipinski definition) is 5. The number of amides is 1. The van der Waals surface area contributed by atoms with Crippen LogP contribution in [0.15, 0.2) is 30.3 Å². The first-order valence-electron chi connectivity index (χ1n) is 10.9. The van der Waals surface area contributed by atoms with Crippen LogP contribution in [0.25, 0.3) is 0 Å². The largest absolute Gasteiger partial charge is 0.467 e. The molecule has 6 nitrogen and oxygen atoms in total.